The summed E-state index contributed by atoms with van der Waals surface area (Å²) in [6.07, 6.45) is 16.8. The number of nitrogens with zero attached hydrogens (tertiary/aromatic N) is 6. The summed E-state index contributed by atoms with van der Waals surface area (Å²) in [6.45, 7) is 10.3. The van der Waals surface area contributed by atoms with E-state index >= 15 is 0 Å². The molecule has 1 atom stereocenters. The van der Waals surface area contributed by atoms with Crippen LogP contribution in [0.4, 0.5) is 5.69 Å². The number of rotatable bonds is 4. The van der Waals surface area contributed by atoms with Gasteiger partial charge >= 0.3 is 0 Å². The second-order valence-corrected chi connectivity index (χ2v) is 9.77. The number of aliphatic imine (C=N–C) groups is 2. The molecule has 0 spiro atoms. The molecule has 5 aromatic rings. The maximum absolute atomic E-state index is 4.89. The van der Waals surface area contributed by atoms with Gasteiger partial charge in [-0.15, -0.1) is 0 Å². The number of pyridine rings is 2. The van der Waals surface area contributed by atoms with Crippen LogP contribution in [-0.4, -0.2) is 31.9 Å². The minimum atomic E-state index is -0.103. The predicted octanol–water partition coefficient (Wildman–Crippen LogP) is 8.15. The number of nitrogens with one attached hydrogen (secondary N) is 1. The molecule has 43 heavy (non-hydrogen) atoms. The van der Waals surface area contributed by atoms with E-state index in [4.69, 9.17) is 19.9 Å². The third-order valence-corrected chi connectivity index (χ3v) is 7.33. The van der Waals surface area contributed by atoms with E-state index in [-0.39, 0.29) is 6.04 Å². The van der Waals surface area contributed by atoms with Crippen LogP contribution in [0.25, 0.3) is 33.1 Å². The van der Waals surface area contributed by atoms with Gasteiger partial charge in [-0.1, -0.05) is 69.0 Å². The van der Waals surface area contributed by atoms with Gasteiger partial charge in [0.25, 0.3) is 0 Å². The summed E-state index contributed by atoms with van der Waals surface area (Å²) in [7, 11) is 0. The van der Waals surface area contributed by atoms with Crippen molar-refractivity contribution in [2.75, 3.05) is 5.32 Å². The number of benzene rings is 2. The summed E-state index contributed by atoms with van der Waals surface area (Å²) >= 11 is 0. The Bertz CT molecular complexity index is 2000. The second-order valence-electron chi connectivity index (χ2n) is 9.77. The number of hydrogen-bond donors (Lipinski definition) is 1. The van der Waals surface area contributed by atoms with Crippen molar-refractivity contribution in [1.82, 2.24) is 19.9 Å². The zero-order valence-electron chi connectivity index (χ0n) is 24.4. The summed E-state index contributed by atoms with van der Waals surface area (Å²) in [5, 5.41) is 5.65. The molecule has 0 aliphatic carbocycles. The molecule has 0 fully saturated rings. The van der Waals surface area contributed by atoms with E-state index in [1.807, 2.05) is 75.6 Å². The van der Waals surface area contributed by atoms with Crippen LogP contribution in [0.1, 0.15) is 49.3 Å². The van der Waals surface area contributed by atoms with E-state index in [0.29, 0.717) is 11.5 Å². The first-order chi connectivity index (χ1) is 21.2. The van der Waals surface area contributed by atoms with Crippen molar-refractivity contribution >= 4 is 50.7 Å². The number of hydrogen-bond acceptors (Lipinski definition) is 7. The molecule has 1 unspecified atom stereocenters. The molecule has 1 N–H and O–H groups in total. The van der Waals surface area contributed by atoms with Crippen LogP contribution >= 0.6 is 0 Å². The number of anilines is 1. The van der Waals surface area contributed by atoms with Gasteiger partial charge in [0.1, 0.15) is 0 Å². The van der Waals surface area contributed by atoms with Crippen LogP contribution in [0.3, 0.4) is 0 Å². The number of fused-ring (bicyclic) bond motifs is 4. The zero-order valence-corrected chi connectivity index (χ0v) is 24.4. The summed E-state index contributed by atoms with van der Waals surface area (Å²) < 4.78 is 0. The molecular weight excluding hydrogens is 530 g/mol. The molecule has 3 aromatic heterocycles. The highest BCUT2D eigenvalue weighted by atomic mass is 15.0. The number of aromatic nitrogens is 4. The lowest BCUT2D eigenvalue weighted by molar-refractivity contribution is 0.968. The van der Waals surface area contributed by atoms with E-state index in [1.165, 1.54) is 0 Å². The van der Waals surface area contributed by atoms with Gasteiger partial charge in [-0.2, -0.15) is 0 Å². The second kappa shape index (κ2) is 12.1. The Balaban J connectivity index is 0.00000161. The first-order valence-electron chi connectivity index (χ1n) is 14.4. The lowest BCUT2D eigenvalue weighted by Crippen LogP contribution is -2.16. The van der Waals surface area contributed by atoms with E-state index in [2.05, 4.69) is 52.2 Å². The molecule has 0 amide bonds. The molecule has 2 aliphatic heterocycles. The van der Waals surface area contributed by atoms with Crippen LogP contribution in [0.2, 0.25) is 0 Å². The Morgan fingerprint density at radius 1 is 0.977 bits per heavy atom. The van der Waals surface area contributed by atoms with Crippen molar-refractivity contribution in [3.05, 3.63) is 138 Å². The summed E-state index contributed by atoms with van der Waals surface area (Å²) in [5.41, 5.74) is 8.93. The van der Waals surface area contributed by atoms with Gasteiger partial charge in [-0.3, -0.25) is 15.0 Å². The monoisotopic (exact) mass is 561 g/mol. The molecule has 7 heteroatoms. The fraction of sp³-hybridized carbons (Fsp3) is 0.111. The van der Waals surface area contributed by atoms with Gasteiger partial charge in [-0.25, -0.2) is 15.0 Å². The van der Waals surface area contributed by atoms with Gasteiger partial charge in [0.05, 0.1) is 46.6 Å². The SMILES string of the molecule is C=C(N=C1C=NC=C/C1=C/C)c1ccnc2c3c(ccc12)C(c1ncc2ccncc2n1)=CC(c1ccccc1)N3.CC. The van der Waals surface area contributed by atoms with Gasteiger partial charge in [0.15, 0.2) is 5.82 Å². The first-order valence-corrected chi connectivity index (χ1v) is 14.4. The van der Waals surface area contributed by atoms with E-state index in [9.17, 15) is 0 Å². The van der Waals surface area contributed by atoms with Crippen LogP contribution in [0, 0.1) is 0 Å². The molecule has 7 nitrogen and oxygen atoms in total. The molecule has 2 aliphatic rings. The van der Waals surface area contributed by atoms with Crippen molar-refractivity contribution in [1.29, 1.82) is 0 Å². The standard InChI is InChI=1S/C34H25N7.C2H6/c1-3-22-11-14-35-19-30(22)39-21(2)25-13-16-37-32-26(25)9-10-27-28(34-38-18-24-12-15-36-20-31(24)41-34)17-29(40-33(27)32)23-7-5-4-6-8-23;1-2/h3-20,29,40H,2H2,1H3;1-2H3/b22-3-,39-30?;. The van der Waals surface area contributed by atoms with Crippen molar-refractivity contribution in [3.8, 4) is 0 Å². The smallest absolute Gasteiger partial charge is 0.160 e. The molecule has 0 saturated carbocycles. The van der Waals surface area contributed by atoms with Crippen molar-refractivity contribution in [2.24, 2.45) is 9.98 Å². The highest BCUT2D eigenvalue weighted by Gasteiger charge is 2.26. The Hall–Kier alpha value is -5.56. The Morgan fingerprint density at radius 2 is 1.84 bits per heavy atom. The van der Waals surface area contributed by atoms with Crippen LogP contribution in [0.5, 0.6) is 0 Å². The number of allylic oxidation sites excluding steroid dienone is 3. The van der Waals surface area contributed by atoms with E-state index in [1.54, 1.807) is 24.8 Å². The topological polar surface area (TPSA) is 88.3 Å². The van der Waals surface area contributed by atoms with Gasteiger partial charge < -0.3 is 5.32 Å². The average molecular weight is 562 g/mol. The van der Waals surface area contributed by atoms with E-state index in [0.717, 1.165) is 61.0 Å². The molecule has 210 valence electrons. The average Bonchev–Trinajstić information content (AvgIpc) is 3.08. The largest absolute Gasteiger partial charge is 0.372 e. The summed E-state index contributed by atoms with van der Waals surface area (Å²) in [5.74, 6) is 0.643. The maximum Gasteiger partial charge on any atom is 0.160 e. The molecule has 2 aromatic carbocycles. The predicted molar refractivity (Wildman–Crippen MR) is 178 cm³/mol. The van der Waals surface area contributed by atoms with Crippen molar-refractivity contribution in [3.63, 3.8) is 0 Å². The lowest BCUT2D eigenvalue weighted by Gasteiger charge is -2.27. The fourth-order valence-electron chi connectivity index (χ4n) is 5.27. The minimum absolute atomic E-state index is 0.103. The summed E-state index contributed by atoms with van der Waals surface area (Å²) in [4.78, 5) is 27.8. The Morgan fingerprint density at radius 3 is 2.67 bits per heavy atom. The highest BCUT2D eigenvalue weighted by molar-refractivity contribution is 6.40. The maximum atomic E-state index is 4.89. The third-order valence-electron chi connectivity index (χ3n) is 7.33. The normalized spacial score (nSPS) is 17.3. The minimum Gasteiger partial charge on any atom is -0.372 e. The van der Waals surface area contributed by atoms with Crippen molar-refractivity contribution < 1.29 is 0 Å². The zero-order chi connectivity index (χ0) is 29.8. The lowest BCUT2D eigenvalue weighted by atomic mass is 9.90. The molecule has 7 rings (SSSR count). The first kappa shape index (κ1) is 27.6. The van der Waals surface area contributed by atoms with Crippen LogP contribution in [-0.2, 0) is 0 Å². The van der Waals surface area contributed by atoms with Gasteiger partial charge in [0, 0.05) is 52.3 Å². The Labute approximate surface area is 250 Å². The van der Waals surface area contributed by atoms with Gasteiger partial charge in [0.2, 0.25) is 0 Å². The highest BCUT2D eigenvalue weighted by Crippen LogP contribution is 2.42. The Kier molecular flexibility index (Phi) is 7.78. The molecule has 0 bridgehead atoms. The quantitative estimate of drug-likeness (QED) is 0.239. The van der Waals surface area contributed by atoms with Crippen LogP contribution in [0.15, 0.2) is 126 Å². The molecular formula is C36H31N7. The molecule has 5 heterocycles. The fourth-order valence-corrected chi connectivity index (χ4v) is 5.27. The third kappa shape index (κ3) is 5.28. The van der Waals surface area contributed by atoms with E-state index < -0.39 is 0 Å². The van der Waals surface area contributed by atoms with Gasteiger partial charge in [-0.05, 0) is 42.3 Å². The molecule has 0 radical (unpaired) electrons. The van der Waals surface area contributed by atoms with Crippen molar-refractivity contribution in [2.45, 2.75) is 26.8 Å². The molecule has 0 saturated heterocycles. The summed E-state index contributed by atoms with van der Waals surface area (Å²) in [6, 6.07) is 18.3. The van der Waals surface area contributed by atoms with Crippen LogP contribution < -0.4 is 5.32 Å².